The van der Waals surface area contributed by atoms with Gasteiger partial charge in [-0.15, -0.1) is 0 Å². The molecule has 13 heteroatoms. The van der Waals surface area contributed by atoms with Gasteiger partial charge in [0.25, 0.3) is 5.16 Å². The maximum absolute atomic E-state index is 13.3. The third kappa shape index (κ3) is 4.33. The van der Waals surface area contributed by atoms with E-state index in [9.17, 15) is 18.5 Å². The number of hydrogen-bond acceptors (Lipinski definition) is 10. The summed E-state index contributed by atoms with van der Waals surface area (Å²) in [5.74, 6) is 0.757. The molecule has 3 aromatic rings. The Morgan fingerprint density at radius 2 is 1.94 bits per heavy atom. The van der Waals surface area contributed by atoms with E-state index in [-0.39, 0.29) is 22.2 Å². The molecule has 176 valence electrons. The van der Waals surface area contributed by atoms with Crippen LogP contribution in [-0.2, 0) is 33.8 Å². The van der Waals surface area contributed by atoms with E-state index in [0.29, 0.717) is 49.7 Å². The molecule has 12 nitrogen and oxygen atoms in total. The van der Waals surface area contributed by atoms with Crippen LogP contribution in [0.1, 0.15) is 18.3 Å². The number of aryl methyl sites for hydroxylation is 2. The first-order chi connectivity index (χ1) is 15.7. The summed E-state index contributed by atoms with van der Waals surface area (Å²) in [5.41, 5.74) is 0.881. The number of rotatable bonds is 7. The Morgan fingerprint density at radius 1 is 1.21 bits per heavy atom. The molecule has 1 aromatic carbocycles. The summed E-state index contributed by atoms with van der Waals surface area (Å²) < 4.78 is 38.8. The number of sulfone groups is 1. The van der Waals surface area contributed by atoms with E-state index in [1.807, 2.05) is 11.8 Å². The predicted octanol–water partition coefficient (Wildman–Crippen LogP) is 1.65. The number of nitro benzene ring substituents is 1. The molecular formula is C20H24N6O6S. The zero-order valence-corrected chi connectivity index (χ0v) is 19.3. The SMILES string of the molecule is CCc1nc2c(N3CCOCC3)nc(S(=O)(=O)Cc3ccc(OC)c([N+](=O)[O-])c3)nc2n1C. The number of methoxy groups -OCH3 is 1. The third-order valence-corrected chi connectivity index (χ3v) is 6.93. The van der Waals surface area contributed by atoms with Crippen molar-refractivity contribution >= 4 is 32.5 Å². The lowest BCUT2D eigenvalue weighted by Crippen LogP contribution is -2.37. The Labute approximate surface area is 190 Å². The highest BCUT2D eigenvalue weighted by Gasteiger charge is 2.28. The van der Waals surface area contributed by atoms with E-state index >= 15 is 0 Å². The van der Waals surface area contributed by atoms with Gasteiger partial charge in [0.15, 0.2) is 22.7 Å². The smallest absolute Gasteiger partial charge is 0.311 e. The maximum Gasteiger partial charge on any atom is 0.311 e. The highest BCUT2D eigenvalue weighted by Crippen LogP contribution is 2.30. The second-order valence-corrected chi connectivity index (χ2v) is 9.45. The van der Waals surface area contributed by atoms with E-state index in [4.69, 9.17) is 9.47 Å². The van der Waals surface area contributed by atoms with Crippen LogP contribution in [0.15, 0.2) is 23.4 Å². The molecule has 0 radical (unpaired) electrons. The summed E-state index contributed by atoms with van der Waals surface area (Å²) in [6.07, 6.45) is 0.646. The van der Waals surface area contributed by atoms with Crippen LogP contribution in [0.25, 0.3) is 11.2 Å². The Hall–Kier alpha value is -3.32. The van der Waals surface area contributed by atoms with Crippen LogP contribution < -0.4 is 9.64 Å². The summed E-state index contributed by atoms with van der Waals surface area (Å²) in [5, 5.41) is 11.0. The van der Waals surface area contributed by atoms with Gasteiger partial charge in [0.2, 0.25) is 9.84 Å². The van der Waals surface area contributed by atoms with Crippen LogP contribution in [0.4, 0.5) is 11.5 Å². The van der Waals surface area contributed by atoms with Gasteiger partial charge in [-0.1, -0.05) is 13.0 Å². The minimum Gasteiger partial charge on any atom is -0.490 e. The van der Waals surface area contributed by atoms with E-state index in [1.54, 1.807) is 11.6 Å². The van der Waals surface area contributed by atoms with Crippen molar-refractivity contribution < 1.29 is 22.8 Å². The molecule has 2 aromatic heterocycles. The molecule has 0 N–H and O–H groups in total. The second-order valence-electron chi connectivity index (χ2n) is 7.56. The molecule has 0 unspecified atom stereocenters. The Bertz CT molecular complexity index is 1320. The van der Waals surface area contributed by atoms with Crippen LogP contribution in [0.5, 0.6) is 5.75 Å². The molecule has 1 saturated heterocycles. The number of morpholine rings is 1. The highest BCUT2D eigenvalue weighted by molar-refractivity contribution is 7.90. The van der Waals surface area contributed by atoms with Gasteiger partial charge < -0.3 is 18.9 Å². The largest absolute Gasteiger partial charge is 0.490 e. The number of aromatic nitrogens is 4. The number of hydrogen-bond donors (Lipinski definition) is 0. The molecule has 1 aliphatic rings. The van der Waals surface area contributed by atoms with Crippen LogP contribution >= 0.6 is 0 Å². The van der Waals surface area contributed by atoms with Crippen LogP contribution in [-0.4, -0.2) is 66.3 Å². The molecule has 0 bridgehead atoms. The number of anilines is 1. The van der Waals surface area contributed by atoms with Crippen molar-refractivity contribution in [3.63, 3.8) is 0 Å². The average Bonchev–Trinajstić information content (AvgIpc) is 3.14. The summed E-state index contributed by atoms with van der Waals surface area (Å²) in [7, 11) is -0.929. The molecule has 0 spiro atoms. The van der Waals surface area contributed by atoms with Gasteiger partial charge in [-0.2, -0.15) is 9.97 Å². The van der Waals surface area contributed by atoms with E-state index in [2.05, 4.69) is 15.0 Å². The van der Waals surface area contributed by atoms with Crippen LogP contribution in [0.3, 0.4) is 0 Å². The van der Waals surface area contributed by atoms with Gasteiger partial charge in [0.1, 0.15) is 5.82 Å². The standard InChI is InChI=1S/C20H24N6O6S/c1-4-16-21-17-18(24(16)2)22-20(23-19(17)25-7-9-32-10-8-25)33(29,30)12-13-5-6-15(31-3)14(11-13)26(27)28/h5-6,11H,4,7-10,12H2,1-3H3. The maximum atomic E-state index is 13.3. The van der Waals surface area contributed by atoms with Crippen molar-refractivity contribution in [2.24, 2.45) is 7.05 Å². The lowest BCUT2D eigenvalue weighted by molar-refractivity contribution is -0.385. The van der Waals surface area contributed by atoms with Gasteiger partial charge in [-0.3, -0.25) is 10.1 Å². The fourth-order valence-electron chi connectivity index (χ4n) is 3.78. The number of nitrogens with zero attached hydrogens (tertiary/aromatic N) is 6. The summed E-state index contributed by atoms with van der Waals surface area (Å²) in [6.45, 7) is 4.05. The predicted molar refractivity (Wildman–Crippen MR) is 119 cm³/mol. The van der Waals surface area contributed by atoms with Gasteiger partial charge >= 0.3 is 5.69 Å². The van der Waals surface area contributed by atoms with Crippen LogP contribution in [0.2, 0.25) is 0 Å². The molecule has 4 rings (SSSR count). The number of nitro groups is 1. The van der Waals surface area contributed by atoms with E-state index in [0.717, 1.165) is 5.82 Å². The number of fused-ring (bicyclic) bond motifs is 1. The Kier molecular flexibility index (Phi) is 6.17. The lowest BCUT2D eigenvalue weighted by atomic mass is 10.2. The molecule has 0 amide bonds. The molecule has 0 saturated carbocycles. The summed E-state index contributed by atoms with van der Waals surface area (Å²) >= 11 is 0. The minimum atomic E-state index is -4.03. The zero-order valence-electron chi connectivity index (χ0n) is 18.5. The molecule has 1 aliphatic heterocycles. The zero-order chi connectivity index (χ0) is 23.8. The number of ether oxygens (including phenoxy) is 2. The molecule has 0 atom stereocenters. The average molecular weight is 477 g/mol. The number of imidazole rings is 1. The van der Waals surface area contributed by atoms with Crippen molar-refractivity contribution in [3.8, 4) is 5.75 Å². The first kappa shape index (κ1) is 22.9. The van der Waals surface area contributed by atoms with Gasteiger partial charge in [-0.25, -0.2) is 13.4 Å². The van der Waals surface area contributed by atoms with Gasteiger partial charge in [0, 0.05) is 32.6 Å². The van der Waals surface area contributed by atoms with Crippen molar-refractivity contribution in [2.45, 2.75) is 24.3 Å². The normalized spacial score (nSPS) is 14.6. The third-order valence-electron chi connectivity index (χ3n) is 5.47. The highest BCUT2D eigenvalue weighted by atomic mass is 32.2. The topological polar surface area (TPSA) is 143 Å². The minimum absolute atomic E-state index is 0.0513. The summed E-state index contributed by atoms with van der Waals surface area (Å²) in [6, 6.07) is 4.04. The van der Waals surface area contributed by atoms with E-state index in [1.165, 1.54) is 25.3 Å². The Morgan fingerprint density at radius 3 is 2.58 bits per heavy atom. The fraction of sp³-hybridized carbons (Fsp3) is 0.450. The van der Waals surface area contributed by atoms with Crippen LogP contribution in [0, 0.1) is 10.1 Å². The molecular weight excluding hydrogens is 452 g/mol. The monoisotopic (exact) mass is 476 g/mol. The molecule has 33 heavy (non-hydrogen) atoms. The molecule has 1 fully saturated rings. The van der Waals surface area contributed by atoms with Crippen molar-refractivity contribution in [1.29, 1.82) is 0 Å². The Balaban J connectivity index is 1.80. The quantitative estimate of drug-likeness (QED) is 0.280. The van der Waals surface area contributed by atoms with Crippen molar-refractivity contribution in [1.82, 2.24) is 19.5 Å². The fourth-order valence-corrected chi connectivity index (χ4v) is 4.97. The number of benzene rings is 1. The lowest BCUT2D eigenvalue weighted by Gasteiger charge is -2.28. The van der Waals surface area contributed by atoms with Gasteiger partial charge in [0.05, 0.1) is 31.0 Å². The van der Waals surface area contributed by atoms with Crippen molar-refractivity contribution in [2.75, 3.05) is 38.3 Å². The summed E-state index contributed by atoms with van der Waals surface area (Å²) in [4.78, 5) is 26.0. The van der Waals surface area contributed by atoms with E-state index < -0.39 is 20.5 Å². The first-order valence-electron chi connectivity index (χ1n) is 10.3. The first-order valence-corrected chi connectivity index (χ1v) is 12.0. The molecule has 0 aliphatic carbocycles. The molecule has 3 heterocycles. The van der Waals surface area contributed by atoms with Crippen molar-refractivity contribution in [3.05, 3.63) is 39.7 Å². The second kappa shape index (κ2) is 8.90. The van der Waals surface area contributed by atoms with Gasteiger partial charge in [-0.05, 0) is 11.6 Å².